The van der Waals surface area contributed by atoms with Crippen molar-refractivity contribution in [1.29, 1.82) is 5.26 Å². The quantitative estimate of drug-likeness (QED) is 0.457. The van der Waals surface area contributed by atoms with E-state index < -0.39 is 0 Å². The van der Waals surface area contributed by atoms with E-state index in [-0.39, 0.29) is 5.70 Å². The minimum Gasteiger partial charge on any atom is -0.396 e. The fourth-order valence-corrected chi connectivity index (χ4v) is 2.10. The van der Waals surface area contributed by atoms with Crippen LogP contribution in [0.4, 0.5) is 0 Å². The Balaban J connectivity index is 2.50. The van der Waals surface area contributed by atoms with Gasteiger partial charge in [0.05, 0.1) is 5.70 Å². The summed E-state index contributed by atoms with van der Waals surface area (Å²) in [6, 6.07) is 16.0. The number of rotatable bonds is 3. The van der Waals surface area contributed by atoms with Crippen LogP contribution in [0, 0.1) is 25.2 Å². The van der Waals surface area contributed by atoms with Gasteiger partial charge in [-0.3, -0.25) is 0 Å². The van der Waals surface area contributed by atoms with Gasteiger partial charge in [-0.05, 0) is 42.2 Å². The third-order valence-corrected chi connectivity index (χ3v) is 3.54. The molecule has 0 saturated carbocycles. The number of hydrogen-bond donors (Lipinski definition) is 3. The predicted octanol–water partition coefficient (Wildman–Crippen LogP) is 2.58. The molecule has 0 radical (unpaired) electrons. The van der Waals surface area contributed by atoms with Crippen LogP contribution in [0.2, 0.25) is 0 Å². The fourth-order valence-electron chi connectivity index (χ4n) is 2.10. The lowest BCUT2D eigenvalue weighted by Gasteiger charge is -2.09. The van der Waals surface area contributed by atoms with Gasteiger partial charge in [0, 0.05) is 5.56 Å². The molecule has 4 nitrogen and oxygen atoms in total. The fraction of sp³-hybridized carbons (Fsp3) is 0.118. The van der Waals surface area contributed by atoms with Crippen LogP contribution in [0.15, 0.2) is 48.2 Å². The van der Waals surface area contributed by atoms with Crippen molar-refractivity contribution in [3.63, 3.8) is 0 Å². The largest absolute Gasteiger partial charge is 0.396 e. The van der Waals surface area contributed by atoms with E-state index in [4.69, 9.17) is 16.8 Å². The molecule has 0 aromatic heterocycles. The molecule has 0 unspecified atom stereocenters. The average molecular weight is 278 g/mol. The summed E-state index contributed by atoms with van der Waals surface area (Å²) in [5.74, 6) is 5.30. The number of nitriles is 1. The lowest BCUT2D eigenvalue weighted by molar-refractivity contribution is 0.920. The number of benzene rings is 2. The minimum atomic E-state index is 0.159. The molecule has 0 fully saturated rings. The number of allylic oxidation sites excluding steroid dienone is 1. The summed E-state index contributed by atoms with van der Waals surface area (Å²) in [5, 5.41) is 8.98. The zero-order valence-corrected chi connectivity index (χ0v) is 12.1. The van der Waals surface area contributed by atoms with Gasteiger partial charge in [-0.2, -0.15) is 5.26 Å². The Hall–Kier alpha value is -2.77. The molecule has 0 aliphatic rings. The number of hydrazine groups is 1. The Bertz CT molecular complexity index is 739. The summed E-state index contributed by atoms with van der Waals surface area (Å²) >= 11 is 0. The van der Waals surface area contributed by atoms with Crippen molar-refractivity contribution in [3.8, 4) is 17.2 Å². The molecule has 21 heavy (non-hydrogen) atoms. The van der Waals surface area contributed by atoms with Crippen LogP contribution in [0.5, 0.6) is 0 Å². The van der Waals surface area contributed by atoms with Crippen molar-refractivity contribution in [1.82, 2.24) is 5.43 Å². The Morgan fingerprint density at radius 2 is 1.76 bits per heavy atom. The normalized spacial score (nSPS) is 11.5. The molecule has 0 bridgehead atoms. The van der Waals surface area contributed by atoms with Gasteiger partial charge in [-0.15, -0.1) is 0 Å². The summed E-state index contributed by atoms with van der Waals surface area (Å²) in [7, 11) is 0. The molecule has 2 aromatic carbocycles. The third kappa shape index (κ3) is 3.04. The number of nitrogens with zero attached hydrogens (tertiary/aromatic N) is 1. The van der Waals surface area contributed by atoms with Crippen LogP contribution in [-0.4, -0.2) is 0 Å². The van der Waals surface area contributed by atoms with Crippen LogP contribution in [-0.2, 0) is 0 Å². The molecule has 0 amide bonds. The summed E-state index contributed by atoms with van der Waals surface area (Å²) in [5.41, 5.74) is 14.2. The standard InChI is InChI=1S/C17H18N4/c1-11-6-7-14(8-12(11)2)13-4-3-5-15(9-13)17(19)16(10-18)21-20/h3-9,21H,19-20H2,1-2H3/b17-16-. The molecule has 0 aliphatic carbocycles. The predicted molar refractivity (Wildman–Crippen MR) is 85.4 cm³/mol. The van der Waals surface area contributed by atoms with Crippen molar-refractivity contribution < 1.29 is 0 Å². The molecule has 4 heteroatoms. The highest BCUT2D eigenvalue weighted by Gasteiger charge is 2.06. The van der Waals surface area contributed by atoms with E-state index in [1.807, 2.05) is 30.3 Å². The zero-order valence-electron chi connectivity index (χ0n) is 12.1. The number of hydrogen-bond acceptors (Lipinski definition) is 4. The first-order valence-electron chi connectivity index (χ1n) is 6.61. The second-order valence-electron chi connectivity index (χ2n) is 4.92. The monoisotopic (exact) mass is 278 g/mol. The van der Waals surface area contributed by atoms with Gasteiger partial charge in [-0.1, -0.05) is 36.4 Å². The zero-order chi connectivity index (χ0) is 15.4. The van der Waals surface area contributed by atoms with E-state index in [1.165, 1.54) is 11.1 Å². The van der Waals surface area contributed by atoms with E-state index in [1.54, 1.807) is 0 Å². The van der Waals surface area contributed by atoms with Gasteiger partial charge in [0.1, 0.15) is 6.07 Å². The lowest BCUT2D eigenvalue weighted by atomic mass is 9.98. The highest BCUT2D eigenvalue weighted by atomic mass is 15.2. The number of aryl methyl sites for hydroxylation is 2. The van der Waals surface area contributed by atoms with E-state index >= 15 is 0 Å². The van der Waals surface area contributed by atoms with Crippen LogP contribution in [0.25, 0.3) is 16.8 Å². The summed E-state index contributed by atoms with van der Waals surface area (Å²) in [4.78, 5) is 0. The molecule has 2 aromatic rings. The van der Waals surface area contributed by atoms with Gasteiger partial charge in [-0.25, -0.2) is 5.84 Å². The summed E-state index contributed by atoms with van der Waals surface area (Å²) < 4.78 is 0. The molecule has 0 saturated heterocycles. The van der Waals surface area contributed by atoms with E-state index in [0.717, 1.165) is 16.7 Å². The van der Waals surface area contributed by atoms with Crippen LogP contribution < -0.4 is 17.0 Å². The van der Waals surface area contributed by atoms with Crippen LogP contribution >= 0.6 is 0 Å². The first-order chi connectivity index (χ1) is 10.1. The molecule has 2 rings (SSSR count). The maximum atomic E-state index is 8.98. The minimum absolute atomic E-state index is 0.159. The van der Waals surface area contributed by atoms with Crippen molar-refractivity contribution in [2.24, 2.45) is 11.6 Å². The second-order valence-corrected chi connectivity index (χ2v) is 4.92. The van der Waals surface area contributed by atoms with E-state index in [0.29, 0.717) is 5.70 Å². The van der Waals surface area contributed by atoms with Gasteiger partial charge < -0.3 is 11.2 Å². The highest BCUT2D eigenvalue weighted by Crippen LogP contribution is 2.25. The lowest BCUT2D eigenvalue weighted by Crippen LogP contribution is -2.23. The number of nitrogens with one attached hydrogen (secondary N) is 1. The molecule has 0 heterocycles. The van der Waals surface area contributed by atoms with Crippen LogP contribution in [0.1, 0.15) is 16.7 Å². The topological polar surface area (TPSA) is 87.9 Å². The maximum Gasteiger partial charge on any atom is 0.151 e. The Morgan fingerprint density at radius 1 is 1.05 bits per heavy atom. The maximum absolute atomic E-state index is 8.98. The molecular formula is C17H18N4. The molecule has 5 N–H and O–H groups in total. The van der Waals surface area contributed by atoms with Crippen molar-refractivity contribution in [3.05, 3.63) is 64.9 Å². The summed E-state index contributed by atoms with van der Waals surface area (Å²) in [6.07, 6.45) is 0. The smallest absolute Gasteiger partial charge is 0.151 e. The van der Waals surface area contributed by atoms with E-state index in [2.05, 4.69) is 37.5 Å². The van der Waals surface area contributed by atoms with Crippen LogP contribution in [0.3, 0.4) is 0 Å². The van der Waals surface area contributed by atoms with E-state index in [9.17, 15) is 0 Å². The van der Waals surface area contributed by atoms with Crippen molar-refractivity contribution in [2.75, 3.05) is 0 Å². The van der Waals surface area contributed by atoms with Gasteiger partial charge in [0.15, 0.2) is 5.70 Å². The second kappa shape index (κ2) is 6.12. The Morgan fingerprint density at radius 3 is 2.38 bits per heavy atom. The molecule has 106 valence electrons. The van der Waals surface area contributed by atoms with Crippen molar-refractivity contribution in [2.45, 2.75) is 13.8 Å². The molecule has 0 spiro atoms. The third-order valence-electron chi connectivity index (χ3n) is 3.54. The molecular weight excluding hydrogens is 260 g/mol. The van der Waals surface area contributed by atoms with Gasteiger partial charge in [0.25, 0.3) is 0 Å². The van der Waals surface area contributed by atoms with Gasteiger partial charge in [0.2, 0.25) is 0 Å². The Labute approximate surface area is 124 Å². The summed E-state index contributed by atoms with van der Waals surface area (Å²) in [6.45, 7) is 4.17. The van der Waals surface area contributed by atoms with Gasteiger partial charge >= 0.3 is 0 Å². The first kappa shape index (κ1) is 14.6. The average Bonchev–Trinajstić information content (AvgIpc) is 2.51. The molecule has 0 atom stereocenters. The first-order valence-corrected chi connectivity index (χ1v) is 6.61. The highest BCUT2D eigenvalue weighted by molar-refractivity contribution is 5.74. The molecule has 0 aliphatic heterocycles. The number of nitrogens with two attached hydrogens (primary N) is 2. The SMILES string of the molecule is Cc1ccc(-c2cccc(/C(N)=C(\C#N)NN)c2)cc1C. The van der Waals surface area contributed by atoms with Crippen molar-refractivity contribution >= 4 is 5.70 Å². The Kier molecular flexibility index (Phi) is 4.27.